The molecule has 1 aromatic carbocycles. The van der Waals surface area contributed by atoms with E-state index in [0.29, 0.717) is 0 Å². The van der Waals surface area contributed by atoms with E-state index in [1.54, 1.807) is 0 Å². The van der Waals surface area contributed by atoms with Crippen LogP contribution in [0.2, 0.25) is 0 Å². The van der Waals surface area contributed by atoms with Gasteiger partial charge in [0.2, 0.25) is 0 Å². The highest BCUT2D eigenvalue weighted by Crippen LogP contribution is 2.25. The quantitative estimate of drug-likeness (QED) is 0.818. The molecule has 3 heteroatoms. The Balaban J connectivity index is 1.41. The number of ether oxygens (including phenoxy) is 1. The third-order valence-electron chi connectivity index (χ3n) is 3.87. The van der Waals surface area contributed by atoms with Crippen LogP contribution in [0.3, 0.4) is 0 Å². The van der Waals surface area contributed by atoms with E-state index < -0.39 is 0 Å². The Kier molecular flexibility index (Phi) is 4.38. The van der Waals surface area contributed by atoms with Crippen LogP contribution in [0.25, 0.3) is 0 Å². The molecule has 0 unspecified atom stereocenters. The summed E-state index contributed by atoms with van der Waals surface area (Å²) in [6, 6.07) is 8.71. The van der Waals surface area contributed by atoms with Gasteiger partial charge in [-0.2, -0.15) is 0 Å². The van der Waals surface area contributed by atoms with Crippen LogP contribution in [0.5, 0.6) is 5.75 Å². The first-order valence-electron chi connectivity index (χ1n) is 7.31. The number of nitrogens with one attached hydrogen (secondary N) is 1. The maximum absolute atomic E-state index is 5.82. The lowest BCUT2D eigenvalue weighted by Crippen LogP contribution is -2.20. The van der Waals surface area contributed by atoms with Crippen LogP contribution in [0.15, 0.2) is 29.6 Å². The van der Waals surface area contributed by atoms with Crippen LogP contribution in [0, 0.1) is 6.92 Å². The Hall–Kier alpha value is -1.32. The van der Waals surface area contributed by atoms with Crippen molar-refractivity contribution in [3.05, 3.63) is 51.2 Å². The van der Waals surface area contributed by atoms with Gasteiger partial charge in [-0.15, -0.1) is 11.3 Å². The predicted octanol–water partition coefficient (Wildman–Crippen LogP) is 3.71. The van der Waals surface area contributed by atoms with Gasteiger partial charge in [0, 0.05) is 18.0 Å². The van der Waals surface area contributed by atoms with Crippen LogP contribution in [-0.4, -0.2) is 13.2 Å². The van der Waals surface area contributed by atoms with Crippen LogP contribution in [0.1, 0.15) is 28.0 Å². The molecule has 2 nitrogen and oxygen atoms in total. The molecule has 1 N–H and O–H groups in total. The fourth-order valence-corrected chi connectivity index (χ4v) is 3.54. The van der Waals surface area contributed by atoms with Crippen molar-refractivity contribution in [1.82, 2.24) is 5.32 Å². The molecule has 0 bridgehead atoms. The van der Waals surface area contributed by atoms with Gasteiger partial charge in [0.1, 0.15) is 12.4 Å². The highest BCUT2D eigenvalue weighted by atomic mass is 32.1. The molecule has 0 spiro atoms. The number of hydrogen-bond donors (Lipinski definition) is 1. The molecule has 0 saturated heterocycles. The third-order valence-corrected chi connectivity index (χ3v) is 4.89. The summed E-state index contributed by atoms with van der Waals surface area (Å²) in [5.74, 6) is 1.01. The van der Waals surface area contributed by atoms with Crippen LogP contribution in [-0.2, 0) is 19.4 Å². The summed E-state index contributed by atoms with van der Waals surface area (Å²) in [7, 11) is 0. The van der Waals surface area contributed by atoms with Crippen molar-refractivity contribution in [2.24, 2.45) is 0 Å². The fraction of sp³-hybridized carbons (Fsp3) is 0.412. The summed E-state index contributed by atoms with van der Waals surface area (Å²) in [6.45, 7) is 4.71. The Morgan fingerprint density at radius 3 is 2.95 bits per heavy atom. The van der Waals surface area contributed by atoms with E-state index in [4.69, 9.17) is 4.74 Å². The summed E-state index contributed by atoms with van der Waals surface area (Å²) in [4.78, 5) is 1.42. The van der Waals surface area contributed by atoms with Gasteiger partial charge in [-0.25, -0.2) is 0 Å². The third kappa shape index (κ3) is 3.22. The molecule has 0 atom stereocenters. The lowest BCUT2D eigenvalue weighted by molar-refractivity contribution is 0.313. The van der Waals surface area contributed by atoms with E-state index in [1.165, 1.54) is 40.8 Å². The van der Waals surface area contributed by atoms with Crippen molar-refractivity contribution < 1.29 is 4.74 Å². The largest absolute Gasteiger partial charge is 0.492 e. The Labute approximate surface area is 124 Å². The van der Waals surface area contributed by atoms with Gasteiger partial charge in [0.05, 0.1) is 0 Å². The zero-order valence-electron chi connectivity index (χ0n) is 11.9. The molecule has 0 fully saturated rings. The van der Waals surface area contributed by atoms with E-state index in [0.717, 1.165) is 25.4 Å². The van der Waals surface area contributed by atoms with Crippen molar-refractivity contribution in [3.63, 3.8) is 0 Å². The first kappa shape index (κ1) is 13.7. The molecule has 1 heterocycles. The van der Waals surface area contributed by atoms with Gasteiger partial charge >= 0.3 is 0 Å². The highest BCUT2D eigenvalue weighted by Gasteiger charge is 2.10. The minimum absolute atomic E-state index is 0.725. The van der Waals surface area contributed by atoms with Crippen LogP contribution < -0.4 is 10.1 Å². The van der Waals surface area contributed by atoms with Gasteiger partial charge in [-0.3, -0.25) is 0 Å². The first-order valence-corrected chi connectivity index (χ1v) is 8.19. The van der Waals surface area contributed by atoms with E-state index in [2.05, 4.69) is 41.9 Å². The van der Waals surface area contributed by atoms with Crippen molar-refractivity contribution in [3.8, 4) is 5.75 Å². The highest BCUT2D eigenvalue weighted by molar-refractivity contribution is 7.10. The Morgan fingerprint density at radius 1 is 1.20 bits per heavy atom. The van der Waals surface area contributed by atoms with Crippen molar-refractivity contribution in [2.75, 3.05) is 13.2 Å². The topological polar surface area (TPSA) is 21.3 Å². The van der Waals surface area contributed by atoms with Crippen molar-refractivity contribution in [1.29, 1.82) is 0 Å². The van der Waals surface area contributed by atoms with Crippen LogP contribution >= 0.6 is 11.3 Å². The summed E-state index contributed by atoms with van der Waals surface area (Å²) in [5, 5.41) is 5.58. The SMILES string of the molecule is Cc1ccsc1CNCCOc1ccc2c(c1)CCC2. The number of fused-ring (bicyclic) bond motifs is 1. The molecule has 106 valence electrons. The van der Waals surface area contributed by atoms with Crippen LogP contribution in [0.4, 0.5) is 0 Å². The summed E-state index contributed by atoms with van der Waals surface area (Å²) >= 11 is 1.81. The lowest BCUT2D eigenvalue weighted by Gasteiger charge is -2.09. The standard InChI is InChI=1S/C17H21NOS/c1-13-7-10-20-17(13)12-18-8-9-19-16-6-5-14-3-2-4-15(14)11-16/h5-7,10-11,18H,2-4,8-9,12H2,1H3. The lowest BCUT2D eigenvalue weighted by atomic mass is 10.1. The van der Waals surface area contributed by atoms with E-state index in [-0.39, 0.29) is 0 Å². The fourth-order valence-electron chi connectivity index (χ4n) is 2.67. The summed E-state index contributed by atoms with van der Waals surface area (Å²) in [6.07, 6.45) is 3.74. The van der Waals surface area contributed by atoms with Crippen molar-refractivity contribution >= 4 is 11.3 Å². The minimum Gasteiger partial charge on any atom is -0.492 e. The molecule has 0 saturated carbocycles. The average Bonchev–Trinajstić information content (AvgIpc) is 3.07. The zero-order chi connectivity index (χ0) is 13.8. The maximum Gasteiger partial charge on any atom is 0.119 e. The second-order valence-electron chi connectivity index (χ2n) is 5.34. The second kappa shape index (κ2) is 6.42. The van der Waals surface area contributed by atoms with Gasteiger partial charge in [0.15, 0.2) is 0 Å². The number of benzene rings is 1. The smallest absolute Gasteiger partial charge is 0.119 e. The van der Waals surface area contributed by atoms with Gasteiger partial charge < -0.3 is 10.1 Å². The molecule has 0 radical (unpaired) electrons. The number of rotatable bonds is 6. The number of thiophene rings is 1. The second-order valence-corrected chi connectivity index (χ2v) is 6.34. The van der Waals surface area contributed by atoms with E-state index in [1.807, 2.05) is 11.3 Å². The Morgan fingerprint density at radius 2 is 2.10 bits per heavy atom. The molecule has 2 aromatic rings. The monoisotopic (exact) mass is 287 g/mol. The van der Waals surface area contributed by atoms with Gasteiger partial charge in [-0.1, -0.05) is 6.07 Å². The molecule has 20 heavy (non-hydrogen) atoms. The molecule has 0 aliphatic heterocycles. The minimum atomic E-state index is 0.725. The van der Waals surface area contributed by atoms with Crippen molar-refractivity contribution in [2.45, 2.75) is 32.7 Å². The number of hydrogen-bond acceptors (Lipinski definition) is 3. The predicted molar refractivity (Wildman–Crippen MR) is 84.7 cm³/mol. The normalized spacial score (nSPS) is 13.4. The Bertz CT molecular complexity index is 576. The zero-order valence-corrected chi connectivity index (χ0v) is 12.8. The molecular formula is C17H21NOS. The maximum atomic E-state index is 5.82. The summed E-state index contributed by atoms with van der Waals surface area (Å²) < 4.78 is 5.82. The molecule has 1 aliphatic carbocycles. The van der Waals surface area contributed by atoms with E-state index >= 15 is 0 Å². The molecular weight excluding hydrogens is 266 g/mol. The molecule has 3 rings (SSSR count). The molecule has 0 amide bonds. The molecule has 1 aromatic heterocycles. The molecule has 1 aliphatic rings. The average molecular weight is 287 g/mol. The first-order chi connectivity index (χ1) is 9.83. The van der Waals surface area contributed by atoms with Gasteiger partial charge in [0.25, 0.3) is 0 Å². The van der Waals surface area contributed by atoms with Gasteiger partial charge in [-0.05, 0) is 66.5 Å². The van der Waals surface area contributed by atoms with E-state index in [9.17, 15) is 0 Å². The number of aryl methyl sites for hydroxylation is 3. The summed E-state index contributed by atoms with van der Waals surface area (Å²) in [5.41, 5.74) is 4.36.